The minimum Gasteiger partial charge on any atom is -0.390 e. The minimum atomic E-state index is -4.44. The summed E-state index contributed by atoms with van der Waals surface area (Å²) >= 11 is 0. The van der Waals surface area contributed by atoms with E-state index < -0.39 is 32.7 Å². The molecule has 4 N–H and O–H groups in total. The van der Waals surface area contributed by atoms with E-state index in [0.29, 0.717) is 30.3 Å². The van der Waals surface area contributed by atoms with Gasteiger partial charge in [-0.15, -0.1) is 0 Å². The molecule has 1 amide bonds. The second kappa shape index (κ2) is 52.1. The van der Waals surface area contributed by atoms with E-state index >= 15 is 0 Å². The average Bonchev–Trinajstić information content (AvgIpc) is 3.35. The van der Waals surface area contributed by atoms with Crippen molar-refractivity contribution in [2.24, 2.45) is 0 Å². The van der Waals surface area contributed by atoms with Crippen LogP contribution >= 0.6 is 7.82 Å². The molecule has 0 aromatic heterocycles. The third-order valence-electron chi connectivity index (χ3n) is 12.0. The molecule has 0 saturated heterocycles. The van der Waals surface area contributed by atoms with Crippen molar-refractivity contribution in [3.63, 3.8) is 0 Å². The van der Waals surface area contributed by atoms with E-state index in [0.717, 1.165) is 116 Å². The number of phosphoric acid groups is 1. The molecule has 0 bridgehead atoms. The molecule has 0 aliphatic rings. The highest BCUT2D eigenvalue weighted by Crippen LogP contribution is 2.43. The Morgan fingerprint density at radius 2 is 0.849 bits per heavy atom. The molecule has 0 fully saturated rings. The van der Waals surface area contributed by atoms with Gasteiger partial charge in [0.05, 0.1) is 39.9 Å². The van der Waals surface area contributed by atoms with Crippen molar-refractivity contribution in [2.75, 3.05) is 40.9 Å². The summed E-state index contributed by atoms with van der Waals surface area (Å²) in [7, 11) is 1.39. The Morgan fingerprint density at radius 3 is 1.26 bits per heavy atom. The lowest BCUT2D eigenvalue weighted by Crippen LogP contribution is -2.51. The van der Waals surface area contributed by atoms with Crippen molar-refractivity contribution in [3.8, 4) is 0 Å². The summed E-state index contributed by atoms with van der Waals surface area (Å²) < 4.78 is 23.6. The molecular formula is C63H108N2O7P+. The van der Waals surface area contributed by atoms with Gasteiger partial charge in [-0.3, -0.25) is 13.8 Å². The number of quaternary nitrogens is 1. The van der Waals surface area contributed by atoms with Gasteiger partial charge >= 0.3 is 7.82 Å². The Kier molecular flexibility index (Phi) is 49.6. The topological polar surface area (TPSA) is 125 Å². The van der Waals surface area contributed by atoms with Gasteiger partial charge in [-0.1, -0.05) is 212 Å². The van der Waals surface area contributed by atoms with E-state index in [2.05, 4.69) is 153 Å². The smallest absolute Gasteiger partial charge is 0.390 e. The van der Waals surface area contributed by atoms with Crippen LogP contribution in [0.25, 0.3) is 0 Å². The zero-order chi connectivity index (χ0) is 53.6. The molecular weight excluding hydrogens is 928 g/mol. The number of phosphoric ester groups is 1. The SMILES string of the molecule is CC/C=C\C/C=C\C/C=C\C/C=C\C/C=C\C/C=C\C/C=C\C/C=C\C/C=C\C/C=C\CCCCCCCCC(=O)NC(COP(=O)(O)OCC[N+](C)(C)C)C(O)C(O)CCC/C=C/CCCCCCCCC. The molecule has 0 aromatic carbocycles. The standard InChI is InChI=1S/C63H107N2O7P/c1-6-8-10-12-14-16-18-20-21-22-23-24-25-26-27-28-29-30-31-32-33-34-35-36-37-38-39-40-41-42-43-44-46-48-50-52-54-56-62(67)64-60(59-72-73(69,70)71-58-57-65(3,4)5)63(68)61(66)55-53-51-49-47-45-19-17-15-13-11-9-7-2/h8,10,14,16,20-21,23-24,26-27,29-30,32-33,35-36,38-39,41-42,47,49,60-61,63,66,68H,6-7,9,11-13,15,17-19,22,25,28,31,34,37,40,43-46,48,50-59H2,1-5H3,(H-,64,67,69,70)/p+1/b10-8-,16-14-,21-20-,24-23-,27-26-,30-29-,33-32-,36-35-,39-38-,42-41-,49-47+. The van der Waals surface area contributed by atoms with Crippen molar-refractivity contribution < 1.29 is 38.0 Å². The normalized spacial score (nSPS) is 15.3. The highest BCUT2D eigenvalue weighted by Gasteiger charge is 2.31. The number of amides is 1. The molecule has 0 spiro atoms. The van der Waals surface area contributed by atoms with Gasteiger partial charge in [-0.2, -0.15) is 0 Å². The number of allylic oxidation sites excluding steroid dienone is 22. The van der Waals surface area contributed by atoms with Crippen LogP contribution < -0.4 is 5.32 Å². The molecule has 416 valence electrons. The maximum atomic E-state index is 13.0. The van der Waals surface area contributed by atoms with Gasteiger partial charge in [-0.05, 0) is 116 Å². The third-order valence-corrected chi connectivity index (χ3v) is 13.0. The predicted octanol–water partition coefficient (Wildman–Crippen LogP) is 16.5. The molecule has 0 saturated carbocycles. The molecule has 4 unspecified atom stereocenters. The average molecular weight is 1040 g/mol. The molecule has 0 radical (unpaired) electrons. The fourth-order valence-electron chi connectivity index (χ4n) is 7.46. The molecule has 9 nitrogen and oxygen atoms in total. The zero-order valence-electron chi connectivity index (χ0n) is 46.9. The van der Waals surface area contributed by atoms with Crippen LogP contribution in [0, 0.1) is 0 Å². The van der Waals surface area contributed by atoms with Crippen molar-refractivity contribution in [2.45, 2.75) is 218 Å². The fourth-order valence-corrected chi connectivity index (χ4v) is 8.20. The number of carbonyl (C=O) groups excluding carboxylic acids is 1. The molecule has 0 rings (SSSR count). The second-order valence-corrected chi connectivity index (χ2v) is 21.5. The molecule has 4 atom stereocenters. The van der Waals surface area contributed by atoms with Crippen LogP contribution in [0.1, 0.15) is 200 Å². The maximum absolute atomic E-state index is 13.0. The molecule has 0 heterocycles. The first-order chi connectivity index (χ1) is 35.4. The Bertz CT molecular complexity index is 1660. The molecule has 10 heteroatoms. The molecule has 0 aromatic rings. The van der Waals surface area contributed by atoms with E-state index in [1.807, 2.05) is 21.1 Å². The fraction of sp³-hybridized carbons (Fsp3) is 0.635. The number of aliphatic hydroxyl groups excluding tert-OH is 2. The first-order valence-corrected chi connectivity index (χ1v) is 30.1. The lowest BCUT2D eigenvalue weighted by Gasteiger charge is -2.28. The van der Waals surface area contributed by atoms with Crippen LogP contribution in [0.3, 0.4) is 0 Å². The summed E-state index contributed by atoms with van der Waals surface area (Å²) in [5.41, 5.74) is 0. The quantitative estimate of drug-likeness (QED) is 0.0207. The molecule has 73 heavy (non-hydrogen) atoms. The van der Waals surface area contributed by atoms with Crippen LogP contribution in [0.5, 0.6) is 0 Å². The van der Waals surface area contributed by atoms with Crippen molar-refractivity contribution >= 4 is 13.7 Å². The highest BCUT2D eigenvalue weighted by molar-refractivity contribution is 7.47. The number of hydrogen-bond acceptors (Lipinski definition) is 6. The summed E-state index contributed by atoms with van der Waals surface area (Å²) in [6.07, 6.45) is 75.4. The first kappa shape index (κ1) is 69.6. The van der Waals surface area contributed by atoms with Gasteiger partial charge in [0.25, 0.3) is 0 Å². The molecule has 0 aliphatic heterocycles. The highest BCUT2D eigenvalue weighted by atomic mass is 31.2. The van der Waals surface area contributed by atoms with Crippen LogP contribution in [0.4, 0.5) is 0 Å². The lowest BCUT2D eigenvalue weighted by molar-refractivity contribution is -0.870. The largest absolute Gasteiger partial charge is 0.472 e. The van der Waals surface area contributed by atoms with Gasteiger partial charge in [-0.25, -0.2) is 4.57 Å². The van der Waals surface area contributed by atoms with E-state index in [4.69, 9.17) is 9.05 Å². The van der Waals surface area contributed by atoms with E-state index in [-0.39, 0.29) is 18.9 Å². The monoisotopic (exact) mass is 1040 g/mol. The number of carbonyl (C=O) groups is 1. The van der Waals surface area contributed by atoms with Crippen molar-refractivity contribution in [1.29, 1.82) is 0 Å². The number of likely N-dealkylation sites (N-methyl/N-ethyl adjacent to an activating group) is 1. The summed E-state index contributed by atoms with van der Waals surface area (Å²) in [6.45, 7) is 4.43. The maximum Gasteiger partial charge on any atom is 0.472 e. The van der Waals surface area contributed by atoms with Gasteiger partial charge in [0.1, 0.15) is 19.3 Å². The number of nitrogens with one attached hydrogen (secondary N) is 1. The number of unbranched alkanes of at least 4 members (excludes halogenated alkanes) is 14. The van der Waals surface area contributed by atoms with E-state index in [1.165, 1.54) is 44.9 Å². The number of hydrogen-bond donors (Lipinski definition) is 4. The number of aliphatic hydroxyl groups is 2. The zero-order valence-corrected chi connectivity index (χ0v) is 47.8. The summed E-state index contributed by atoms with van der Waals surface area (Å²) in [4.78, 5) is 23.3. The first-order valence-electron chi connectivity index (χ1n) is 28.6. The summed E-state index contributed by atoms with van der Waals surface area (Å²) in [5, 5.41) is 24.7. The van der Waals surface area contributed by atoms with Crippen molar-refractivity contribution in [3.05, 3.63) is 134 Å². The summed E-state index contributed by atoms with van der Waals surface area (Å²) in [5.74, 6) is -0.289. The Labute approximate surface area is 448 Å². The number of rotatable bonds is 50. The van der Waals surface area contributed by atoms with Crippen LogP contribution in [-0.2, 0) is 18.4 Å². The predicted molar refractivity (Wildman–Crippen MR) is 314 cm³/mol. The van der Waals surface area contributed by atoms with E-state index in [9.17, 15) is 24.5 Å². The van der Waals surface area contributed by atoms with Gasteiger partial charge in [0, 0.05) is 6.42 Å². The minimum absolute atomic E-state index is 0.00603. The lowest BCUT2D eigenvalue weighted by atomic mass is 10.0. The van der Waals surface area contributed by atoms with Crippen LogP contribution in [0.2, 0.25) is 0 Å². The van der Waals surface area contributed by atoms with E-state index in [1.54, 1.807) is 0 Å². The number of nitrogens with zero attached hydrogens (tertiary/aromatic N) is 1. The van der Waals surface area contributed by atoms with Crippen molar-refractivity contribution in [1.82, 2.24) is 5.32 Å². The second-order valence-electron chi connectivity index (χ2n) is 20.1. The Morgan fingerprint density at radius 1 is 0.493 bits per heavy atom. The Balaban J connectivity index is 4.26. The van der Waals surface area contributed by atoms with Crippen LogP contribution in [0.15, 0.2) is 134 Å². The third kappa shape index (κ3) is 53.2. The van der Waals surface area contributed by atoms with Gasteiger partial charge in [0.15, 0.2) is 0 Å². The Hall–Kier alpha value is -3.40. The van der Waals surface area contributed by atoms with Gasteiger partial charge in [0.2, 0.25) is 5.91 Å². The summed E-state index contributed by atoms with van der Waals surface area (Å²) in [6, 6.07) is -1.07. The van der Waals surface area contributed by atoms with Gasteiger partial charge < -0.3 is 24.9 Å². The van der Waals surface area contributed by atoms with Crippen LogP contribution in [-0.4, -0.2) is 84.6 Å². The molecule has 0 aliphatic carbocycles.